The third kappa shape index (κ3) is 4.94. The maximum absolute atomic E-state index is 9.58. The Morgan fingerprint density at radius 2 is 2.33 bits per heavy atom. The van der Waals surface area contributed by atoms with Crippen molar-refractivity contribution in [3.8, 4) is 0 Å². The number of rotatable bonds is 6. The fraction of sp³-hybridized carbons (Fsp3) is 1.00. The molecular weight excluding hydrogens is 234 g/mol. The summed E-state index contributed by atoms with van der Waals surface area (Å²) in [5, 5.41) is 9.58. The predicted octanol–water partition coefficient (Wildman–Crippen LogP) is 0.0447. The second-order valence-electron chi connectivity index (χ2n) is 3.70. The largest absolute Gasteiger partial charge is 0.390 e. The summed E-state index contributed by atoms with van der Waals surface area (Å²) in [6.45, 7) is 3.01. The van der Waals surface area contributed by atoms with Crippen molar-refractivity contribution in [1.82, 2.24) is 0 Å². The Balaban J connectivity index is 2.16. The first-order valence-electron chi connectivity index (χ1n) is 5.26. The number of hydrogen-bond acceptors (Lipinski definition) is 5. The zero-order chi connectivity index (χ0) is 11.3. The molecule has 1 aliphatic heterocycles. The standard InChI is InChI=1S/C8H18BO4PS/c1-2-3-11-14(15)12-5-7-6(10)4-8(9)13-7/h6-8,10,14H,2-5,9H2,1H3/t6-,7-,8-/m1/s1. The molecule has 1 rings (SSSR count). The van der Waals surface area contributed by atoms with Gasteiger partial charge in [0.2, 0.25) is 0 Å². The van der Waals surface area contributed by atoms with E-state index in [9.17, 15) is 5.11 Å². The first-order chi connectivity index (χ1) is 7.13. The molecule has 1 N–H and O–H groups in total. The molecule has 1 unspecified atom stereocenters. The van der Waals surface area contributed by atoms with Crippen molar-refractivity contribution in [2.45, 2.75) is 38.0 Å². The van der Waals surface area contributed by atoms with Crippen LogP contribution in [0.2, 0.25) is 0 Å². The Labute approximate surface area is 97.3 Å². The molecule has 15 heavy (non-hydrogen) atoms. The molecule has 0 amide bonds. The fourth-order valence-electron chi connectivity index (χ4n) is 1.46. The van der Waals surface area contributed by atoms with Gasteiger partial charge in [-0.05, 0) is 24.6 Å². The summed E-state index contributed by atoms with van der Waals surface area (Å²) in [6.07, 6.45) is 0.932. The number of ether oxygens (including phenoxy) is 1. The third-order valence-corrected chi connectivity index (χ3v) is 3.75. The number of hydrogen-bond donors (Lipinski definition) is 1. The molecule has 1 saturated heterocycles. The highest BCUT2D eigenvalue weighted by molar-refractivity contribution is 8.00. The first kappa shape index (κ1) is 13.6. The van der Waals surface area contributed by atoms with E-state index in [0.717, 1.165) is 6.42 Å². The van der Waals surface area contributed by atoms with Crippen molar-refractivity contribution < 1.29 is 18.9 Å². The maximum atomic E-state index is 9.58. The van der Waals surface area contributed by atoms with Crippen LogP contribution in [-0.4, -0.2) is 44.4 Å². The van der Waals surface area contributed by atoms with Gasteiger partial charge in [-0.25, -0.2) is 0 Å². The molecule has 0 radical (unpaired) electrons. The van der Waals surface area contributed by atoms with Crippen molar-refractivity contribution in [2.24, 2.45) is 0 Å². The van der Waals surface area contributed by atoms with E-state index in [-0.39, 0.29) is 12.1 Å². The van der Waals surface area contributed by atoms with Crippen LogP contribution >= 0.6 is 7.15 Å². The second kappa shape index (κ2) is 6.99. The summed E-state index contributed by atoms with van der Waals surface area (Å²) < 4.78 is 16.1. The molecule has 1 fully saturated rings. The zero-order valence-electron chi connectivity index (χ0n) is 9.14. The predicted molar refractivity (Wildman–Crippen MR) is 65.7 cm³/mol. The molecule has 7 heteroatoms. The average Bonchev–Trinajstić information content (AvgIpc) is 2.51. The highest BCUT2D eigenvalue weighted by Gasteiger charge is 2.31. The maximum Gasteiger partial charge on any atom is 0.176 e. The van der Waals surface area contributed by atoms with Gasteiger partial charge in [-0.3, -0.25) is 0 Å². The molecule has 88 valence electrons. The minimum atomic E-state index is -1.59. The van der Waals surface area contributed by atoms with Gasteiger partial charge in [0, 0.05) is 6.00 Å². The van der Waals surface area contributed by atoms with Crippen LogP contribution in [-0.2, 0) is 25.6 Å². The molecule has 0 aromatic heterocycles. The molecule has 1 aliphatic rings. The second-order valence-corrected chi connectivity index (χ2v) is 5.78. The highest BCUT2D eigenvalue weighted by atomic mass is 32.4. The van der Waals surface area contributed by atoms with Crippen LogP contribution in [0.1, 0.15) is 19.8 Å². The smallest absolute Gasteiger partial charge is 0.176 e. The third-order valence-electron chi connectivity index (χ3n) is 2.20. The lowest BCUT2D eigenvalue weighted by molar-refractivity contribution is 0.00311. The van der Waals surface area contributed by atoms with Crippen LogP contribution in [0.25, 0.3) is 0 Å². The summed E-state index contributed by atoms with van der Waals surface area (Å²) in [6, 6.07) is 0.103. The first-order valence-corrected chi connectivity index (χ1v) is 7.71. The minimum absolute atomic E-state index is 0.103. The zero-order valence-corrected chi connectivity index (χ0v) is 11.0. The summed E-state index contributed by atoms with van der Waals surface area (Å²) in [5.74, 6) is 0. The monoisotopic (exact) mass is 252 g/mol. The van der Waals surface area contributed by atoms with Crippen LogP contribution in [0.4, 0.5) is 0 Å². The molecule has 0 saturated carbocycles. The molecule has 4 nitrogen and oxygen atoms in total. The van der Waals surface area contributed by atoms with E-state index in [2.05, 4.69) is 0 Å². The van der Waals surface area contributed by atoms with Crippen LogP contribution in [0, 0.1) is 0 Å². The van der Waals surface area contributed by atoms with E-state index in [4.69, 9.17) is 25.6 Å². The summed E-state index contributed by atoms with van der Waals surface area (Å²) in [7, 11) is 0.353. The SMILES string of the molecule is B[C@H]1C[C@@H](O)[C@@H](CO[PH](=S)OCCC)O1. The van der Waals surface area contributed by atoms with E-state index in [1.807, 2.05) is 14.8 Å². The lowest BCUT2D eigenvalue weighted by Crippen LogP contribution is -2.25. The quantitative estimate of drug-likeness (QED) is 0.534. The summed E-state index contributed by atoms with van der Waals surface area (Å²) >= 11 is 5.03. The Morgan fingerprint density at radius 1 is 1.60 bits per heavy atom. The van der Waals surface area contributed by atoms with Gasteiger partial charge in [0.05, 0.1) is 19.3 Å². The number of aliphatic hydroxyl groups is 1. The summed E-state index contributed by atoms with van der Waals surface area (Å²) in [4.78, 5) is 0. The van der Waals surface area contributed by atoms with Crippen molar-refractivity contribution in [3.63, 3.8) is 0 Å². The van der Waals surface area contributed by atoms with Crippen molar-refractivity contribution in [2.75, 3.05) is 13.2 Å². The van der Waals surface area contributed by atoms with E-state index in [1.165, 1.54) is 0 Å². The molecule has 0 aromatic carbocycles. The van der Waals surface area contributed by atoms with Gasteiger partial charge >= 0.3 is 0 Å². The van der Waals surface area contributed by atoms with Gasteiger partial charge in [-0.2, -0.15) is 0 Å². The van der Waals surface area contributed by atoms with E-state index < -0.39 is 13.3 Å². The van der Waals surface area contributed by atoms with Gasteiger partial charge < -0.3 is 18.9 Å². The van der Waals surface area contributed by atoms with Gasteiger partial charge in [0.25, 0.3) is 0 Å². The Hall–Kier alpha value is 0.555. The summed E-state index contributed by atoms with van der Waals surface area (Å²) in [5.41, 5.74) is 0. The van der Waals surface area contributed by atoms with Crippen LogP contribution in [0.15, 0.2) is 0 Å². The van der Waals surface area contributed by atoms with Crippen LogP contribution in [0.3, 0.4) is 0 Å². The lowest BCUT2D eigenvalue weighted by Gasteiger charge is -2.15. The van der Waals surface area contributed by atoms with Gasteiger partial charge in [-0.1, -0.05) is 6.92 Å². The van der Waals surface area contributed by atoms with Gasteiger partial charge in [-0.15, -0.1) is 0 Å². The Bertz CT molecular complexity index is 219. The Morgan fingerprint density at radius 3 is 2.87 bits per heavy atom. The molecule has 4 atom stereocenters. The highest BCUT2D eigenvalue weighted by Crippen LogP contribution is 2.27. The van der Waals surface area contributed by atoms with Gasteiger partial charge in [0.1, 0.15) is 14.0 Å². The number of aliphatic hydroxyl groups excluding tert-OH is 1. The fourth-order valence-corrected chi connectivity index (χ4v) is 2.67. The lowest BCUT2D eigenvalue weighted by atomic mass is 9.96. The van der Waals surface area contributed by atoms with Crippen molar-refractivity contribution in [1.29, 1.82) is 0 Å². The topological polar surface area (TPSA) is 47.9 Å². The molecule has 0 spiro atoms. The van der Waals surface area contributed by atoms with E-state index >= 15 is 0 Å². The van der Waals surface area contributed by atoms with Crippen LogP contribution in [0.5, 0.6) is 0 Å². The van der Waals surface area contributed by atoms with Crippen molar-refractivity contribution in [3.05, 3.63) is 0 Å². The van der Waals surface area contributed by atoms with Crippen LogP contribution < -0.4 is 0 Å². The van der Waals surface area contributed by atoms with Gasteiger partial charge in [0.15, 0.2) is 7.15 Å². The minimum Gasteiger partial charge on any atom is -0.390 e. The molecule has 0 bridgehead atoms. The molecule has 0 aliphatic carbocycles. The molecule has 1 heterocycles. The Kier molecular flexibility index (Phi) is 6.35. The normalized spacial score (nSPS) is 33.1. The molecule has 0 aromatic rings. The average molecular weight is 252 g/mol. The van der Waals surface area contributed by atoms with E-state index in [1.54, 1.807) is 0 Å². The van der Waals surface area contributed by atoms with Crippen molar-refractivity contribution >= 4 is 26.8 Å². The molecular formula is C8H18BO4PS. The van der Waals surface area contributed by atoms with E-state index in [0.29, 0.717) is 19.6 Å².